The molecule has 0 N–H and O–H groups in total. The topological polar surface area (TPSA) is 17.8 Å². The minimum Gasteiger partial charge on any atom is -0.337 e. The number of hydrogen-bond acceptors (Lipinski definition) is 1. The Morgan fingerprint density at radius 1 is 1.38 bits per heavy atom. The van der Waals surface area contributed by atoms with Gasteiger partial charge in [-0.2, -0.15) is 0 Å². The maximum absolute atomic E-state index is 5.94. The lowest BCUT2D eigenvalue weighted by Crippen LogP contribution is -1.98. The number of aromatic nitrogens is 2. The van der Waals surface area contributed by atoms with Gasteiger partial charge in [0.05, 0.1) is 12.0 Å². The smallest absolute Gasteiger partial charge is 0.127 e. The van der Waals surface area contributed by atoms with Crippen LogP contribution in [0.25, 0.3) is 0 Å². The molecule has 0 unspecified atom stereocenters. The average Bonchev–Trinajstić information content (AvgIpc) is 2.56. The molecule has 16 heavy (non-hydrogen) atoms. The van der Waals surface area contributed by atoms with Crippen molar-refractivity contribution in [3.05, 3.63) is 51.5 Å². The summed E-state index contributed by atoms with van der Waals surface area (Å²) >= 11 is 9.39. The molecule has 84 valence electrons. The summed E-state index contributed by atoms with van der Waals surface area (Å²) in [5.41, 5.74) is 2.46. The lowest BCUT2D eigenvalue weighted by Gasteiger charge is -2.04. The molecule has 1 aromatic heterocycles. The molecular weight excluding hydrogens is 288 g/mol. The van der Waals surface area contributed by atoms with Crippen LogP contribution in [0.5, 0.6) is 0 Å². The second kappa shape index (κ2) is 5.02. The first-order chi connectivity index (χ1) is 7.66. The van der Waals surface area contributed by atoms with E-state index in [0.29, 0.717) is 0 Å². The van der Waals surface area contributed by atoms with Crippen molar-refractivity contribution >= 4 is 27.5 Å². The van der Waals surface area contributed by atoms with Gasteiger partial charge in [-0.05, 0) is 46.5 Å². The van der Waals surface area contributed by atoms with E-state index in [4.69, 9.17) is 11.6 Å². The third-order valence-corrected chi connectivity index (χ3v) is 3.45. The van der Waals surface area contributed by atoms with Crippen LogP contribution < -0.4 is 0 Å². The highest BCUT2D eigenvalue weighted by Gasteiger charge is 2.06. The number of nitrogens with zero attached hydrogens (tertiary/aromatic N) is 2. The van der Waals surface area contributed by atoms with Crippen molar-refractivity contribution in [2.24, 2.45) is 7.05 Å². The van der Waals surface area contributed by atoms with E-state index in [0.717, 1.165) is 22.5 Å². The van der Waals surface area contributed by atoms with E-state index in [1.54, 1.807) is 0 Å². The Labute approximate surface area is 108 Å². The fourth-order valence-electron chi connectivity index (χ4n) is 1.66. The van der Waals surface area contributed by atoms with Crippen molar-refractivity contribution in [2.45, 2.75) is 12.8 Å². The lowest BCUT2D eigenvalue weighted by molar-refractivity contribution is 0.795. The van der Waals surface area contributed by atoms with E-state index in [-0.39, 0.29) is 0 Å². The van der Waals surface area contributed by atoms with Gasteiger partial charge in [0, 0.05) is 12.1 Å². The Morgan fingerprint density at radius 3 is 2.81 bits per heavy atom. The SMILES string of the molecule is Cn1cnc(Br)c1CCc1cccc(Cl)c1. The molecule has 0 aliphatic rings. The van der Waals surface area contributed by atoms with Crippen molar-refractivity contribution in [2.75, 3.05) is 0 Å². The third kappa shape index (κ3) is 2.66. The van der Waals surface area contributed by atoms with Crippen molar-refractivity contribution in [3.8, 4) is 0 Å². The molecule has 0 aliphatic carbocycles. The second-order valence-electron chi connectivity index (χ2n) is 3.72. The number of imidazole rings is 1. The van der Waals surface area contributed by atoms with Crippen LogP contribution in [-0.2, 0) is 19.9 Å². The van der Waals surface area contributed by atoms with Gasteiger partial charge in [0.25, 0.3) is 0 Å². The molecule has 0 radical (unpaired) electrons. The zero-order valence-corrected chi connectivity index (χ0v) is 11.3. The summed E-state index contributed by atoms with van der Waals surface area (Å²) in [6.45, 7) is 0. The molecular formula is C12H12BrClN2. The molecule has 0 saturated carbocycles. The summed E-state index contributed by atoms with van der Waals surface area (Å²) in [6, 6.07) is 7.98. The van der Waals surface area contributed by atoms with Crippen LogP contribution in [0.1, 0.15) is 11.3 Å². The van der Waals surface area contributed by atoms with Gasteiger partial charge in [0.15, 0.2) is 0 Å². The highest BCUT2D eigenvalue weighted by molar-refractivity contribution is 9.10. The van der Waals surface area contributed by atoms with Crippen LogP contribution in [0.2, 0.25) is 5.02 Å². The number of hydrogen-bond donors (Lipinski definition) is 0. The van der Waals surface area contributed by atoms with Crippen molar-refractivity contribution < 1.29 is 0 Å². The van der Waals surface area contributed by atoms with Gasteiger partial charge in [-0.25, -0.2) is 4.98 Å². The first kappa shape index (κ1) is 11.7. The van der Waals surface area contributed by atoms with Crippen molar-refractivity contribution in [1.82, 2.24) is 9.55 Å². The largest absolute Gasteiger partial charge is 0.337 e. The van der Waals surface area contributed by atoms with Crippen LogP contribution in [-0.4, -0.2) is 9.55 Å². The summed E-state index contributed by atoms with van der Waals surface area (Å²) in [5, 5.41) is 0.793. The molecule has 2 aromatic rings. The predicted octanol–water partition coefficient (Wildman–Crippen LogP) is 3.62. The van der Waals surface area contributed by atoms with Crippen LogP contribution in [0.15, 0.2) is 35.2 Å². The van der Waals surface area contributed by atoms with Gasteiger partial charge < -0.3 is 4.57 Å². The maximum Gasteiger partial charge on any atom is 0.127 e. The highest BCUT2D eigenvalue weighted by atomic mass is 79.9. The van der Waals surface area contributed by atoms with E-state index in [2.05, 4.69) is 27.0 Å². The van der Waals surface area contributed by atoms with Crippen LogP contribution in [0, 0.1) is 0 Å². The minimum atomic E-state index is 0.793. The molecule has 2 nitrogen and oxygen atoms in total. The number of aryl methyl sites for hydroxylation is 2. The Balaban J connectivity index is 2.08. The quantitative estimate of drug-likeness (QED) is 0.846. The van der Waals surface area contributed by atoms with Gasteiger partial charge in [0.2, 0.25) is 0 Å². The molecule has 0 amide bonds. The fraction of sp³-hybridized carbons (Fsp3) is 0.250. The Morgan fingerprint density at radius 2 is 2.19 bits per heavy atom. The Kier molecular flexibility index (Phi) is 3.66. The maximum atomic E-state index is 5.94. The molecule has 0 bridgehead atoms. The molecule has 1 aromatic carbocycles. The number of rotatable bonds is 3. The third-order valence-electron chi connectivity index (χ3n) is 2.55. The van der Waals surface area contributed by atoms with E-state index >= 15 is 0 Å². The van der Waals surface area contributed by atoms with Crippen LogP contribution in [0.3, 0.4) is 0 Å². The predicted molar refractivity (Wildman–Crippen MR) is 69.8 cm³/mol. The van der Waals surface area contributed by atoms with E-state index in [1.807, 2.05) is 36.1 Å². The van der Waals surface area contributed by atoms with Crippen molar-refractivity contribution in [3.63, 3.8) is 0 Å². The molecule has 0 spiro atoms. The van der Waals surface area contributed by atoms with E-state index < -0.39 is 0 Å². The normalized spacial score (nSPS) is 10.7. The number of benzene rings is 1. The van der Waals surface area contributed by atoms with E-state index in [1.165, 1.54) is 11.3 Å². The summed E-state index contributed by atoms with van der Waals surface area (Å²) in [6.07, 6.45) is 3.74. The van der Waals surface area contributed by atoms with Crippen molar-refractivity contribution in [1.29, 1.82) is 0 Å². The molecule has 4 heteroatoms. The summed E-state index contributed by atoms with van der Waals surface area (Å²) in [7, 11) is 2.01. The first-order valence-electron chi connectivity index (χ1n) is 5.07. The zero-order valence-electron chi connectivity index (χ0n) is 8.95. The second-order valence-corrected chi connectivity index (χ2v) is 4.91. The summed E-state index contributed by atoms with van der Waals surface area (Å²) < 4.78 is 2.96. The monoisotopic (exact) mass is 298 g/mol. The highest BCUT2D eigenvalue weighted by Crippen LogP contribution is 2.17. The van der Waals surface area contributed by atoms with Gasteiger partial charge >= 0.3 is 0 Å². The average molecular weight is 300 g/mol. The van der Waals surface area contributed by atoms with Gasteiger partial charge in [-0.3, -0.25) is 0 Å². The fourth-order valence-corrected chi connectivity index (χ4v) is 2.44. The van der Waals surface area contributed by atoms with Gasteiger partial charge in [0.1, 0.15) is 4.60 Å². The molecule has 0 fully saturated rings. The Hall–Kier alpha value is -0.800. The van der Waals surface area contributed by atoms with E-state index in [9.17, 15) is 0 Å². The molecule has 2 rings (SSSR count). The molecule has 0 aliphatic heterocycles. The zero-order chi connectivity index (χ0) is 11.5. The Bertz CT molecular complexity index is 474. The van der Waals surface area contributed by atoms with Gasteiger partial charge in [-0.1, -0.05) is 23.7 Å². The van der Waals surface area contributed by atoms with Gasteiger partial charge in [-0.15, -0.1) is 0 Å². The molecule has 1 heterocycles. The summed E-state index contributed by atoms with van der Waals surface area (Å²) in [4.78, 5) is 4.20. The van der Waals surface area contributed by atoms with Crippen LogP contribution >= 0.6 is 27.5 Å². The minimum absolute atomic E-state index is 0.793. The molecule has 0 atom stereocenters. The molecule has 0 saturated heterocycles. The lowest BCUT2D eigenvalue weighted by atomic mass is 10.1. The van der Waals surface area contributed by atoms with Crippen LogP contribution in [0.4, 0.5) is 0 Å². The summed E-state index contributed by atoms with van der Waals surface area (Å²) in [5.74, 6) is 0. The number of halogens is 2. The first-order valence-corrected chi connectivity index (χ1v) is 6.24. The standard InChI is InChI=1S/C12H12BrClN2/c1-16-8-15-12(13)11(16)6-5-9-3-2-4-10(14)7-9/h2-4,7-8H,5-6H2,1H3.